The fraction of sp³-hybridized carbons (Fsp3) is 0.933. The van der Waals surface area contributed by atoms with Gasteiger partial charge in [-0.25, -0.2) is 0 Å². The van der Waals surface area contributed by atoms with E-state index in [0.717, 1.165) is 39.0 Å². The molecular formula is C15H32N2O2. The van der Waals surface area contributed by atoms with Gasteiger partial charge in [-0.1, -0.05) is 34.1 Å². The molecule has 0 fully saturated rings. The van der Waals surface area contributed by atoms with Gasteiger partial charge in [-0.05, 0) is 32.4 Å². The summed E-state index contributed by atoms with van der Waals surface area (Å²) in [4.78, 5) is 14.3. The molecule has 4 nitrogen and oxygen atoms in total. The Morgan fingerprint density at radius 2 is 1.84 bits per heavy atom. The number of nitrogens with zero attached hydrogens (tertiary/aromatic N) is 1. The lowest BCUT2D eigenvalue weighted by atomic mass is 9.97. The number of rotatable bonds is 11. The van der Waals surface area contributed by atoms with Crippen LogP contribution in [0.5, 0.6) is 0 Å². The Kier molecular flexibility index (Phi) is 10.9. The van der Waals surface area contributed by atoms with Crippen molar-refractivity contribution in [2.24, 2.45) is 5.92 Å². The molecule has 0 aromatic heterocycles. The quantitative estimate of drug-likeness (QED) is 0.586. The van der Waals surface area contributed by atoms with Crippen LogP contribution in [-0.4, -0.2) is 49.7 Å². The van der Waals surface area contributed by atoms with Gasteiger partial charge in [0, 0.05) is 13.1 Å². The molecule has 0 aliphatic rings. The van der Waals surface area contributed by atoms with E-state index in [9.17, 15) is 4.79 Å². The van der Waals surface area contributed by atoms with Gasteiger partial charge in [-0.15, -0.1) is 0 Å². The van der Waals surface area contributed by atoms with Gasteiger partial charge in [0.1, 0.15) is 6.04 Å². The zero-order valence-electron chi connectivity index (χ0n) is 13.4. The molecule has 0 heterocycles. The third kappa shape index (κ3) is 7.53. The van der Waals surface area contributed by atoms with Crippen molar-refractivity contribution in [3.8, 4) is 0 Å². The number of hydrogen-bond donors (Lipinski definition) is 1. The van der Waals surface area contributed by atoms with Crippen LogP contribution in [0.3, 0.4) is 0 Å². The van der Waals surface area contributed by atoms with E-state index in [-0.39, 0.29) is 12.0 Å². The Bertz CT molecular complexity index is 230. The molecule has 0 aliphatic carbocycles. The summed E-state index contributed by atoms with van der Waals surface area (Å²) in [5.74, 6) is 0.212. The van der Waals surface area contributed by atoms with Crippen LogP contribution in [-0.2, 0) is 9.53 Å². The van der Waals surface area contributed by atoms with Crippen LogP contribution in [0.1, 0.15) is 47.5 Å². The van der Waals surface area contributed by atoms with E-state index < -0.39 is 0 Å². The fourth-order valence-corrected chi connectivity index (χ4v) is 2.29. The highest BCUT2D eigenvalue weighted by Crippen LogP contribution is 2.12. The molecule has 0 amide bonds. The summed E-state index contributed by atoms with van der Waals surface area (Å²) in [7, 11) is 0. The molecule has 4 heteroatoms. The van der Waals surface area contributed by atoms with Crippen LogP contribution < -0.4 is 5.32 Å². The van der Waals surface area contributed by atoms with Crippen molar-refractivity contribution in [2.75, 3.05) is 32.8 Å². The molecular weight excluding hydrogens is 240 g/mol. The third-order valence-electron chi connectivity index (χ3n) is 3.54. The van der Waals surface area contributed by atoms with Gasteiger partial charge in [0.25, 0.3) is 0 Å². The molecule has 1 N–H and O–H groups in total. The molecule has 0 bridgehead atoms. The van der Waals surface area contributed by atoms with E-state index in [1.165, 1.54) is 0 Å². The van der Waals surface area contributed by atoms with Crippen LogP contribution in [0.2, 0.25) is 0 Å². The average Bonchev–Trinajstić information content (AvgIpc) is 2.39. The first-order valence-electron chi connectivity index (χ1n) is 7.72. The summed E-state index contributed by atoms with van der Waals surface area (Å²) >= 11 is 0. The van der Waals surface area contributed by atoms with E-state index in [1.54, 1.807) is 0 Å². The maximum Gasteiger partial charge on any atom is 0.323 e. The Morgan fingerprint density at radius 3 is 2.32 bits per heavy atom. The third-order valence-corrected chi connectivity index (χ3v) is 3.54. The van der Waals surface area contributed by atoms with E-state index in [0.29, 0.717) is 12.5 Å². The van der Waals surface area contributed by atoms with Crippen LogP contribution in [0, 0.1) is 5.92 Å². The first-order valence-corrected chi connectivity index (χ1v) is 7.72. The Balaban J connectivity index is 4.29. The van der Waals surface area contributed by atoms with Crippen LogP contribution in [0.15, 0.2) is 0 Å². The van der Waals surface area contributed by atoms with E-state index in [2.05, 4.69) is 37.9 Å². The Hall–Kier alpha value is -0.610. The van der Waals surface area contributed by atoms with Crippen molar-refractivity contribution in [1.82, 2.24) is 10.2 Å². The van der Waals surface area contributed by atoms with Crippen molar-refractivity contribution in [2.45, 2.75) is 53.5 Å². The minimum Gasteiger partial charge on any atom is -0.465 e. The zero-order chi connectivity index (χ0) is 14.7. The smallest absolute Gasteiger partial charge is 0.323 e. The topological polar surface area (TPSA) is 41.6 Å². The highest BCUT2D eigenvalue weighted by molar-refractivity contribution is 5.76. The monoisotopic (exact) mass is 272 g/mol. The zero-order valence-corrected chi connectivity index (χ0v) is 13.4. The lowest BCUT2D eigenvalue weighted by Crippen LogP contribution is -2.46. The molecule has 0 aromatic carbocycles. The Morgan fingerprint density at radius 1 is 1.21 bits per heavy atom. The van der Waals surface area contributed by atoms with E-state index >= 15 is 0 Å². The maximum atomic E-state index is 12.0. The Labute approximate surface area is 118 Å². The van der Waals surface area contributed by atoms with Crippen molar-refractivity contribution in [1.29, 1.82) is 0 Å². The number of carbonyl (C=O) groups is 1. The van der Waals surface area contributed by atoms with Gasteiger partial charge in [0.05, 0.1) is 6.61 Å². The number of esters is 1. The van der Waals surface area contributed by atoms with Gasteiger partial charge < -0.3 is 15.0 Å². The minimum atomic E-state index is -0.171. The van der Waals surface area contributed by atoms with Gasteiger partial charge >= 0.3 is 5.97 Å². The van der Waals surface area contributed by atoms with E-state index in [1.807, 2.05) is 6.92 Å². The molecule has 114 valence electrons. The second-order valence-electron chi connectivity index (χ2n) is 4.98. The predicted octanol–water partition coefficient (Wildman–Crippen LogP) is 2.29. The van der Waals surface area contributed by atoms with Crippen molar-refractivity contribution < 1.29 is 9.53 Å². The van der Waals surface area contributed by atoms with Gasteiger partial charge in [0.15, 0.2) is 0 Å². The molecule has 19 heavy (non-hydrogen) atoms. The summed E-state index contributed by atoms with van der Waals surface area (Å²) in [6, 6.07) is -0.171. The highest BCUT2D eigenvalue weighted by atomic mass is 16.5. The minimum absolute atomic E-state index is 0.108. The van der Waals surface area contributed by atoms with Crippen LogP contribution in [0.25, 0.3) is 0 Å². The van der Waals surface area contributed by atoms with Crippen LogP contribution >= 0.6 is 0 Å². The largest absolute Gasteiger partial charge is 0.465 e. The van der Waals surface area contributed by atoms with Crippen LogP contribution in [0.4, 0.5) is 0 Å². The fourth-order valence-electron chi connectivity index (χ4n) is 2.29. The van der Waals surface area contributed by atoms with Crippen molar-refractivity contribution >= 4 is 5.97 Å². The second kappa shape index (κ2) is 11.2. The second-order valence-corrected chi connectivity index (χ2v) is 4.98. The molecule has 0 saturated carbocycles. The summed E-state index contributed by atoms with van der Waals surface area (Å²) in [5.41, 5.74) is 0. The average molecular weight is 272 g/mol. The van der Waals surface area contributed by atoms with Gasteiger partial charge in [-0.3, -0.25) is 4.79 Å². The molecule has 0 radical (unpaired) electrons. The van der Waals surface area contributed by atoms with Gasteiger partial charge in [0.2, 0.25) is 0 Å². The molecule has 0 saturated heterocycles. The lowest BCUT2D eigenvalue weighted by Gasteiger charge is -2.25. The maximum absolute atomic E-state index is 12.0. The first-order chi connectivity index (χ1) is 9.10. The number of nitrogens with one attached hydrogen (secondary N) is 1. The highest BCUT2D eigenvalue weighted by Gasteiger charge is 2.25. The summed E-state index contributed by atoms with van der Waals surface area (Å²) in [6.45, 7) is 14.8. The molecule has 0 aliphatic heterocycles. The SMILES string of the molecule is CCCC(C)C(NCCN(CC)CC)C(=O)OCC. The number of carbonyl (C=O) groups excluding carboxylic acids is 1. The summed E-state index contributed by atoms with van der Waals surface area (Å²) < 4.78 is 5.17. The summed E-state index contributed by atoms with van der Waals surface area (Å²) in [6.07, 6.45) is 2.14. The normalized spacial score (nSPS) is 14.4. The summed E-state index contributed by atoms with van der Waals surface area (Å²) in [5, 5.41) is 3.37. The number of hydrogen-bond acceptors (Lipinski definition) is 4. The molecule has 2 unspecified atom stereocenters. The lowest BCUT2D eigenvalue weighted by molar-refractivity contribution is -0.147. The predicted molar refractivity (Wildman–Crippen MR) is 80.3 cm³/mol. The van der Waals surface area contributed by atoms with E-state index in [4.69, 9.17) is 4.74 Å². The number of likely N-dealkylation sites (N-methyl/N-ethyl adjacent to an activating group) is 1. The molecule has 2 atom stereocenters. The molecule has 0 aromatic rings. The van der Waals surface area contributed by atoms with Crippen molar-refractivity contribution in [3.05, 3.63) is 0 Å². The molecule has 0 spiro atoms. The van der Waals surface area contributed by atoms with Gasteiger partial charge in [-0.2, -0.15) is 0 Å². The molecule has 0 rings (SSSR count). The van der Waals surface area contributed by atoms with Crippen molar-refractivity contribution in [3.63, 3.8) is 0 Å². The number of ether oxygens (including phenoxy) is 1. The first kappa shape index (κ1) is 18.4. The standard InChI is InChI=1S/C15H32N2O2/c1-6-10-13(5)14(15(18)19-9-4)16-11-12-17(7-2)8-3/h13-14,16H,6-12H2,1-5H3.